The Labute approximate surface area is 174 Å². The molecule has 2 N–H and O–H groups in total. The first-order valence-electron chi connectivity index (χ1n) is 9.50. The lowest BCUT2D eigenvalue weighted by Gasteiger charge is -2.36. The van der Waals surface area contributed by atoms with Crippen molar-refractivity contribution in [2.24, 2.45) is 0 Å². The van der Waals surface area contributed by atoms with Crippen LogP contribution in [0, 0.1) is 0 Å². The van der Waals surface area contributed by atoms with E-state index in [1.54, 1.807) is 29.2 Å². The standard InChI is InChI=1S/C21H27N3O4S/c1-21(2,3)27-20(25)24-13-11-23(12-14-24)16-9-10-19(18(22)15-16)29(26)28-17-7-5-4-6-8-17/h4-10,15H,11-14,22H2,1-3H3. The molecule has 156 valence electrons. The van der Waals surface area contributed by atoms with Crippen LogP contribution in [0.1, 0.15) is 20.8 Å². The van der Waals surface area contributed by atoms with E-state index in [4.69, 9.17) is 14.7 Å². The van der Waals surface area contributed by atoms with Gasteiger partial charge >= 0.3 is 6.09 Å². The van der Waals surface area contributed by atoms with Crippen LogP contribution in [0.15, 0.2) is 53.4 Å². The summed E-state index contributed by atoms with van der Waals surface area (Å²) in [6.45, 7) is 8.05. The van der Waals surface area contributed by atoms with E-state index in [0.717, 1.165) is 5.69 Å². The molecule has 0 spiro atoms. The number of hydrogen-bond acceptors (Lipinski definition) is 6. The summed E-state index contributed by atoms with van der Waals surface area (Å²) in [5, 5.41) is 0. The van der Waals surface area contributed by atoms with Gasteiger partial charge in [-0.15, -0.1) is 0 Å². The number of nitrogen functional groups attached to an aromatic ring is 1. The monoisotopic (exact) mass is 417 g/mol. The van der Waals surface area contributed by atoms with Gasteiger partial charge in [0.2, 0.25) is 11.1 Å². The zero-order chi connectivity index (χ0) is 21.0. The van der Waals surface area contributed by atoms with Crippen LogP contribution in [0.5, 0.6) is 5.75 Å². The Morgan fingerprint density at radius 1 is 1.03 bits per heavy atom. The minimum atomic E-state index is -1.69. The minimum Gasteiger partial charge on any atom is -0.444 e. The second kappa shape index (κ2) is 8.73. The maximum atomic E-state index is 12.5. The molecule has 2 aromatic rings. The van der Waals surface area contributed by atoms with Crippen LogP contribution in [0.25, 0.3) is 0 Å². The molecule has 1 aliphatic heterocycles. The van der Waals surface area contributed by atoms with Crippen LogP contribution < -0.4 is 14.8 Å². The van der Waals surface area contributed by atoms with Gasteiger partial charge in [0, 0.05) is 31.9 Å². The molecule has 1 aliphatic rings. The number of para-hydroxylation sites is 1. The Morgan fingerprint density at radius 3 is 2.28 bits per heavy atom. The van der Waals surface area contributed by atoms with Gasteiger partial charge in [0.1, 0.15) is 16.2 Å². The average molecular weight is 418 g/mol. The van der Waals surface area contributed by atoms with Gasteiger partial charge in [0.15, 0.2) is 0 Å². The minimum absolute atomic E-state index is 0.291. The zero-order valence-electron chi connectivity index (χ0n) is 17.0. The Balaban J connectivity index is 1.61. The summed E-state index contributed by atoms with van der Waals surface area (Å²) in [6.07, 6.45) is -0.291. The molecule has 8 heteroatoms. The highest BCUT2D eigenvalue weighted by atomic mass is 32.2. The first kappa shape index (κ1) is 21.0. The maximum absolute atomic E-state index is 12.5. The molecule has 0 bridgehead atoms. The fourth-order valence-electron chi connectivity index (χ4n) is 2.97. The second-order valence-corrected chi connectivity index (χ2v) is 8.88. The molecule has 0 aliphatic carbocycles. The largest absolute Gasteiger partial charge is 0.444 e. The molecule has 0 radical (unpaired) electrons. The van der Waals surface area contributed by atoms with Gasteiger partial charge in [0.25, 0.3) is 0 Å². The molecule has 1 atom stereocenters. The smallest absolute Gasteiger partial charge is 0.410 e. The zero-order valence-corrected chi connectivity index (χ0v) is 17.8. The first-order valence-corrected chi connectivity index (χ1v) is 10.6. The van der Waals surface area contributed by atoms with Crippen molar-refractivity contribution in [2.75, 3.05) is 36.8 Å². The summed E-state index contributed by atoms with van der Waals surface area (Å²) in [6, 6.07) is 14.4. The van der Waals surface area contributed by atoms with Gasteiger partial charge in [-0.05, 0) is 51.1 Å². The van der Waals surface area contributed by atoms with Crippen LogP contribution in [-0.2, 0) is 15.8 Å². The summed E-state index contributed by atoms with van der Waals surface area (Å²) in [5.74, 6) is 0.521. The number of anilines is 2. The molecule has 1 heterocycles. The highest BCUT2D eigenvalue weighted by molar-refractivity contribution is 7.80. The summed E-state index contributed by atoms with van der Waals surface area (Å²) in [7, 11) is 0. The third kappa shape index (κ3) is 5.63. The molecule has 1 unspecified atom stereocenters. The number of piperazine rings is 1. The number of carbonyl (C=O) groups excluding carboxylic acids is 1. The summed E-state index contributed by atoms with van der Waals surface area (Å²) in [5.41, 5.74) is 6.97. The Kier molecular flexibility index (Phi) is 6.32. The molecule has 29 heavy (non-hydrogen) atoms. The number of nitrogens with zero attached hydrogens (tertiary/aromatic N) is 2. The van der Waals surface area contributed by atoms with Gasteiger partial charge in [-0.3, -0.25) is 0 Å². The lowest BCUT2D eigenvalue weighted by molar-refractivity contribution is 0.0240. The number of ether oxygens (including phenoxy) is 1. The molecule has 1 fully saturated rings. The number of amides is 1. The van der Waals surface area contributed by atoms with E-state index in [2.05, 4.69) is 4.90 Å². The number of nitrogens with two attached hydrogens (primary N) is 1. The quantitative estimate of drug-likeness (QED) is 0.767. The van der Waals surface area contributed by atoms with E-state index in [1.165, 1.54) is 0 Å². The predicted octanol–water partition coefficient (Wildman–Crippen LogP) is 3.43. The topological polar surface area (TPSA) is 85.1 Å². The van der Waals surface area contributed by atoms with Crippen molar-refractivity contribution in [3.05, 3.63) is 48.5 Å². The Bertz CT molecular complexity index is 875. The molecule has 0 aromatic heterocycles. The number of hydrogen-bond donors (Lipinski definition) is 1. The van der Waals surface area contributed by atoms with Crippen molar-refractivity contribution in [2.45, 2.75) is 31.3 Å². The SMILES string of the molecule is CC(C)(C)OC(=O)N1CCN(c2ccc(S(=O)Oc3ccccc3)c(N)c2)CC1. The molecular weight excluding hydrogens is 390 g/mol. The second-order valence-electron chi connectivity index (χ2n) is 7.81. The Hall–Kier alpha value is -2.74. The van der Waals surface area contributed by atoms with Gasteiger partial charge in [-0.2, -0.15) is 0 Å². The maximum Gasteiger partial charge on any atom is 0.410 e. The van der Waals surface area contributed by atoms with Crippen LogP contribution >= 0.6 is 0 Å². The molecule has 1 amide bonds. The van der Waals surface area contributed by atoms with Crippen molar-refractivity contribution in [3.8, 4) is 5.75 Å². The third-order valence-electron chi connectivity index (χ3n) is 4.38. The van der Waals surface area contributed by atoms with Crippen molar-refractivity contribution >= 4 is 28.5 Å². The number of rotatable bonds is 4. The van der Waals surface area contributed by atoms with E-state index in [1.807, 2.05) is 45.0 Å². The molecule has 3 rings (SSSR count). The molecule has 0 saturated carbocycles. The van der Waals surface area contributed by atoms with E-state index < -0.39 is 16.7 Å². The van der Waals surface area contributed by atoms with Crippen LogP contribution in [-0.4, -0.2) is 47.0 Å². The van der Waals surface area contributed by atoms with Crippen molar-refractivity contribution in [3.63, 3.8) is 0 Å². The fraction of sp³-hybridized carbons (Fsp3) is 0.381. The molecule has 7 nitrogen and oxygen atoms in total. The van der Waals surface area contributed by atoms with E-state index in [9.17, 15) is 9.00 Å². The highest BCUT2D eigenvalue weighted by Crippen LogP contribution is 2.26. The van der Waals surface area contributed by atoms with E-state index in [0.29, 0.717) is 42.5 Å². The summed E-state index contributed by atoms with van der Waals surface area (Å²) in [4.78, 5) is 16.5. The van der Waals surface area contributed by atoms with Crippen LogP contribution in [0.2, 0.25) is 0 Å². The van der Waals surface area contributed by atoms with Crippen molar-refractivity contribution in [1.82, 2.24) is 4.90 Å². The highest BCUT2D eigenvalue weighted by Gasteiger charge is 2.26. The van der Waals surface area contributed by atoms with Gasteiger partial charge in [-0.1, -0.05) is 18.2 Å². The van der Waals surface area contributed by atoms with Crippen molar-refractivity contribution in [1.29, 1.82) is 0 Å². The number of benzene rings is 2. The lowest BCUT2D eigenvalue weighted by atomic mass is 10.2. The average Bonchev–Trinajstić information content (AvgIpc) is 2.67. The van der Waals surface area contributed by atoms with Gasteiger partial charge in [0.05, 0.1) is 5.69 Å². The molecule has 2 aromatic carbocycles. The third-order valence-corrected chi connectivity index (χ3v) is 5.46. The molecular formula is C21H27N3O4S. The van der Waals surface area contributed by atoms with Gasteiger partial charge < -0.3 is 24.5 Å². The molecule has 1 saturated heterocycles. The number of carbonyl (C=O) groups is 1. The summed E-state index contributed by atoms with van der Waals surface area (Å²) < 4.78 is 23.4. The van der Waals surface area contributed by atoms with Crippen LogP contribution in [0.4, 0.5) is 16.2 Å². The van der Waals surface area contributed by atoms with E-state index >= 15 is 0 Å². The fourth-order valence-corrected chi connectivity index (χ4v) is 3.77. The predicted molar refractivity (Wildman–Crippen MR) is 114 cm³/mol. The Morgan fingerprint density at radius 2 is 1.69 bits per heavy atom. The van der Waals surface area contributed by atoms with Gasteiger partial charge in [-0.25, -0.2) is 9.00 Å². The van der Waals surface area contributed by atoms with E-state index in [-0.39, 0.29) is 6.09 Å². The first-order chi connectivity index (χ1) is 13.7. The van der Waals surface area contributed by atoms with Crippen molar-refractivity contribution < 1.29 is 17.9 Å². The van der Waals surface area contributed by atoms with Crippen LogP contribution in [0.3, 0.4) is 0 Å². The summed E-state index contributed by atoms with van der Waals surface area (Å²) >= 11 is -1.69. The normalized spacial score (nSPS) is 15.7. The lowest BCUT2D eigenvalue weighted by Crippen LogP contribution is -2.50.